The van der Waals surface area contributed by atoms with Gasteiger partial charge in [-0.3, -0.25) is 4.79 Å². The number of hydrogen-bond acceptors (Lipinski definition) is 4. The summed E-state index contributed by atoms with van der Waals surface area (Å²) in [5.74, 6) is -0.265. The second-order valence-corrected chi connectivity index (χ2v) is 5.43. The number of esters is 1. The monoisotopic (exact) mass is 328 g/mol. The summed E-state index contributed by atoms with van der Waals surface area (Å²) < 4.78 is 16.6. The molecule has 24 heavy (non-hydrogen) atoms. The predicted octanol–water partition coefficient (Wildman–Crippen LogP) is 3.74. The first-order valence-corrected chi connectivity index (χ1v) is 8.20. The number of carbonyl (C=O) groups is 1. The third kappa shape index (κ3) is 6.94. The standard InChI is InChI=1S/C20H24O4/c1-2-23-20(21)13-19(24-15-18-11-7-4-8-12-18)16-22-14-17-9-5-3-6-10-17/h3-12,19H,2,13-16H2,1H3/t19-/m0/s1. The summed E-state index contributed by atoms with van der Waals surface area (Å²) in [4.78, 5) is 11.7. The number of rotatable bonds is 10. The van der Waals surface area contributed by atoms with Crippen molar-refractivity contribution < 1.29 is 19.0 Å². The maximum atomic E-state index is 11.7. The van der Waals surface area contributed by atoms with Crippen molar-refractivity contribution >= 4 is 5.97 Å². The molecule has 0 aliphatic carbocycles. The zero-order chi connectivity index (χ0) is 17.0. The molecule has 0 aliphatic rings. The Labute approximate surface area is 143 Å². The molecule has 128 valence electrons. The second-order valence-electron chi connectivity index (χ2n) is 5.43. The van der Waals surface area contributed by atoms with Crippen molar-refractivity contribution in [3.8, 4) is 0 Å². The summed E-state index contributed by atoms with van der Waals surface area (Å²) in [5, 5.41) is 0. The van der Waals surface area contributed by atoms with Gasteiger partial charge in [-0.05, 0) is 18.1 Å². The lowest BCUT2D eigenvalue weighted by atomic mass is 10.2. The Morgan fingerprint density at radius 3 is 2.08 bits per heavy atom. The molecule has 2 aromatic carbocycles. The van der Waals surface area contributed by atoms with Crippen LogP contribution < -0.4 is 0 Å². The average Bonchev–Trinajstić information content (AvgIpc) is 2.61. The molecule has 4 heteroatoms. The van der Waals surface area contributed by atoms with Gasteiger partial charge in [0.2, 0.25) is 0 Å². The van der Waals surface area contributed by atoms with Crippen LogP contribution >= 0.6 is 0 Å². The third-order valence-electron chi connectivity index (χ3n) is 3.44. The lowest BCUT2D eigenvalue weighted by Gasteiger charge is -2.17. The topological polar surface area (TPSA) is 44.8 Å². The number of carbonyl (C=O) groups excluding carboxylic acids is 1. The molecule has 0 aliphatic heterocycles. The van der Waals surface area contributed by atoms with Crippen molar-refractivity contribution in [1.82, 2.24) is 0 Å². The highest BCUT2D eigenvalue weighted by molar-refractivity contribution is 5.69. The lowest BCUT2D eigenvalue weighted by Crippen LogP contribution is -2.24. The van der Waals surface area contributed by atoms with Crippen LogP contribution in [0.15, 0.2) is 60.7 Å². The molecule has 0 amide bonds. The van der Waals surface area contributed by atoms with Gasteiger partial charge in [0.25, 0.3) is 0 Å². The van der Waals surface area contributed by atoms with E-state index in [0.29, 0.717) is 26.4 Å². The Bertz CT molecular complexity index is 583. The fourth-order valence-corrected chi connectivity index (χ4v) is 2.24. The minimum absolute atomic E-state index is 0.190. The van der Waals surface area contributed by atoms with E-state index in [1.165, 1.54) is 0 Å². The Balaban J connectivity index is 1.83. The molecule has 0 saturated heterocycles. The van der Waals surface area contributed by atoms with E-state index < -0.39 is 0 Å². The van der Waals surface area contributed by atoms with E-state index in [-0.39, 0.29) is 18.5 Å². The van der Waals surface area contributed by atoms with Crippen molar-refractivity contribution in [2.75, 3.05) is 13.2 Å². The largest absolute Gasteiger partial charge is 0.466 e. The van der Waals surface area contributed by atoms with Crippen LogP contribution in [0.5, 0.6) is 0 Å². The summed E-state index contributed by atoms with van der Waals surface area (Å²) in [6, 6.07) is 19.8. The minimum atomic E-state index is -0.326. The van der Waals surface area contributed by atoms with E-state index in [2.05, 4.69) is 0 Å². The number of ether oxygens (including phenoxy) is 3. The highest BCUT2D eigenvalue weighted by Crippen LogP contribution is 2.09. The molecule has 0 N–H and O–H groups in total. The van der Waals surface area contributed by atoms with E-state index in [0.717, 1.165) is 11.1 Å². The average molecular weight is 328 g/mol. The van der Waals surface area contributed by atoms with E-state index >= 15 is 0 Å². The number of hydrogen-bond donors (Lipinski definition) is 0. The minimum Gasteiger partial charge on any atom is -0.466 e. The van der Waals surface area contributed by atoms with Gasteiger partial charge in [-0.15, -0.1) is 0 Å². The first-order chi connectivity index (χ1) is 11.8. The van der Waals surface area contributed by atoms with Crippen LogP contribution in [-0.4, -0.2) is 25.3 Å². The van der Waals surface area contributed by atoms with Gasteiger partial charge in [0, 0.05) is 0 Å². The predicted molar refractivity (Wildman–Crippen MR) is 92.4 cm³/mol. The molecule has 4 nitrogen and oxygen atoms in total. The van der Waals surface area contributed by atoms with Gasteiger partial charge >= 0.3 is 5.97 Å². The Hall–Kier alpha value is -2.17. The first kappa shape index (κ1) is 18.2. The molecule has 1 atom stereocenters. The van der Waals surface area contributed by atoms with Crippen LogP contribution in [0.1, 0.15) is 24.5 Å². The molecule has 0 saturated carbocycles. The summed E-state index contributed by atoms with van der Waals surface area (Å²) in [6.07, 6.45) is -0.136. The Morgan fingerprint density at radius 2 is 1.50 bits per heavy atom. The van der Waals surface area contributed by atoms with Crippen molar-refractivity contribution in [2.45, 2.75) is 32.7 Å². The van der Waals surface area contributed by atoms with Crippen molar-refractivity contribution in [3.63, 3.8) is 0 Å². The van der Waals surface area contributed by atoms with E-state index in [1.54, 1.807) is 6.92 Å². The quantitative estimate of drug-likeness (QED) is 0.623. The number of benzene rings is 2. The molecular weight excluding hydrogens is 304 g/mol. The normalized spacial score (nSPS) is 11.9. The maximum Gasteiger partial charge on any atom is 0.308 e. The van der Waals surface area contributed by atoms with Crippen molar-refractivity contribution in [1.29, 1.82) is 0 Å². The SMILES string of the molecule is CCOC(=O)C[C@@H](COCc1ccccc1)OCc1ccccc1. The molecule has 0 heterocycles. The summed E-state index contributed by atoms with van der Waals surface area (Å²) >= 11 is 0. The molecular formula is C20H24O4. The van der Waals surface area contributed by atoms with Crippen molar-refractivity contribution in [2.24, 2.45) is 0 Å². The molecule has 0 fully saturated rings. The molecule has 0 unspecified atom stereocenters. The summed E-state index contributed by atoms with van der Waals surface area (Å²) in [5.41, 5.74) is 2.16. The van der Waals surface area contributed by atoms with Gasteiger partial charge in [-0.2, -0.15) is 0 Å². The maximum absolute atomic E-state index is 11.7. The van der Waals surface area contributed by atoms with Gasteiger partial charge in [-0.25, -0.2) is 0 Å². The zero-order valence-electron chi connectivity index (χ0n) is 14.0. The van der Waals surface area contributed by atoms with E-state index in [4.69, 9.17) is 14.2 Å². The molecule has 0 aromatic heterocycles. The van der Waals surface area contributed by atoms with Gasteiger partial charge < -0.3 is 14.2 Å². The fraction of sp³-hybridized carbons (Fsp3) is 0.350. The second kappa shape index (κ2) is 10.6. The molecule has 0 radical (unpaired) electrons. The molecule has 2 rings (SSSR count). The van der Waals surface area contributed by atoms with E-state index in [9.17, 15) is 4.79 Å². The van der Waals surface area contributed by atoms with Crippen LogP contribution in [-0.2, 0) is 32.2 Å². The lowest BCUT2D eigenvalue weighted by molar-refractivity contribution is -0.148. The van der Waals surface area contributed by atoms with Crippen LogP contribution in [0.3, 0.4) is 0 Å². The third-order valence-corrected chi connectivity index (χ3v) is 3.44. The van der Waals surface area contributed by atoms with E-state index in [1.807, 2.05) is 60.7 Å². The van der Waals surface area contributed by atoms with Crippen LogP contribution in [0.2, 0.25) is 0 Å². The van der Waals surface area contributed by atoms with Crippen LogP contribution in [0.4, 0.5) is 0 Å². The Kier molecular flexibility index (Phi) is 8.01. The van der Waals surface area contributed by atoms with Gasteiger partial charge in [0.05, 0.1) is 39.0 Å². The smallest absolute Gasteiger partial charge is 0.308 e. The van der Waals surface area contributed by atoms with Crippen molar-refractivity contribution in [3.05, 3.63) is 71.8 Å². The van der Waals surface area contributed by atoms with Crippen LogP contribution in [0.25, 0.3) is 0 Å². The highest BCUT2D eigenvalue weighted by atomic mass is 16.5. The molecule has 0 bridgehead atoms. The van der Waals surface area contributed by atoms with Gasteiger partial charge in [0.15, 0.2) is 0 Å². The molecule has 0 spiro atoms. The summed E-state index contributed by atoms with van der Waals surface area (Å²) in [7, 11) is 0. The van der Waals surface area contributed by atoms with Gasteiger partial charge in [0.1, 0.15) is 0 Å². The fourth-order valence-electron chi connectivity index (χ4n) is 2.24. The Morgan fingerprint density at radius 1 is 0.917 bits per heavy atom. The van der Waals surface area contributed by atoms with Crippen LogP contribution in [0, 0.1) is 0 Å². The molecule has 2 aromatic rings. The summed E-state index contributed by atoms with van der Waals surface area (Å²) in [6.45, 7) is 3.45. The first-order valence-electron chi connectivity index (χ1n) is 8.20. The van der Waals surface area contributed by atoms with Gasteiger partial charge in [-0.1, -0.05) is 60.7 Å². The highest BCUT2D eigenvalue weighted by Gasteiger charge is 2.16. The zero-order valence-corrected chi connectivity index (χ0v) is 14.0.